The van der Waals surface area contributed by atoms with Crippen molar-refractivity contribution < 1.29 is 9.26 Å². The molecule has 2 rings (SSSR count). The molecule has 1 aromatic heterocycles. The number of hydrogen-bond acceptors (Lipinski definition) is 5. The van der Waals surface area contributed by atoms with Gasteiger partial charge in [0.1, 0.15) is 0 Å². The lowest BCUT2D eigenvalue weighted by molar-refractivity contribution is 0.192. The number of aromatic nitrogens is 2. The van der Waals surface area contributed by atoms with E-state index in [1.165, 1.54) is 0 Å². The van der Waals surface area contributed by atoms with E-state index in [9.17, 15) is 0 Å². The first-order chi connectivity index (χ1) is 7.90. The third-order valence-electron chi connectivity index (χ3n) is 2.93. The lowest BCUT2D eigenvalue weighted by Crippen LogP contribution is -2.27. The Labute approximate surface area is 95.6 Å². The second-order valence-corrected chi connectivity index (χ2v) is 4.17. The molecule has 2 heterocycles. The van der Waals surface area contributed by atoms with Crippen LogP contribution in [-0.2, 0) is 11.2 Å². The summed E-state index contributed by atoms with van der Waals surface area (Å²) < 4.78 is 10.2. The van der Waals surface area contributed by atoms with Crippen LogP contribution in [-0.4, -0.2) is 36.9 Å². The van der Waals surface area contributed by atoms with Crippen molar-refractivity contribution in [3.63, 3.8) is 0 Å². The van der Waals surface area contributed by atoms with Crippen molar-refractivity contribution in [2.45, 2.75) is 31.6 Å². The van der Waals surface area contributed by atoms with Gasteiger partial charge in [0, 0.05) is 26.1 Å². The maximum Gasteiger partial charge on any atom is 0.226 e. The number of aryl methyl sites for hydroxylation is 1. The molecule has 0 amide bonds. The van der Waals surface area contributed by atoms with Crippen LogP contribution in [0, 0.1) is 0 Å². The van der Waals surface area contributed by atoms with Gasteiger partial charge in [-0.25, -0.2) is 0 Å². The predicted octanol–water partition coefficient (Wildman–Crippen LogP) is 1.12. The predicted molar refractivity (Wildman–Crippen MR) is 59.3 cm³/mol. The van der Waals surface area contributed by atoms with Crippen LogP contribution in [0.3, 0.4) is 0 Å². The van der Waals surface area contributed by atoms with Gasteiger partial charge in [-0.3, -0.25) is 0 Å². The van der Waals surface area contributed by atoms with Gasteiger partial charge in [0.05, 0.1) is 0 Å². The van der Waals surface area contributed by atoms with Gasteiger partial charge in [0.2, 0.25) is 5.89 Å². The van der Waals surface area contributed by atoms with E-state index in [2.05, 4.69) is 15.5 Å². The molecule has 0 bridgehead atoms. The zero-order chi connectivity index (χ0) is 11.2. The summed E-state index contributed by atoms with van der Waals surface area (Å²) in [4.78, 5) is 4.44. The van der Waals surface area contributed by atoms with Gasteiger partial charge in [-0.05, 0) is 32.4 Å². The standard InChI is InChI=1S/C11H19N3O2/c1-15-8-2-3-10-13-11(14-16-10)9-4-6-12-7-5-9/h9,12H,2-8H2,1H3. The number of hydrogen-bond donors (Lipinski definition) is 1. The van der Waals surface area contributed by atoms with Crippen LogP contribution in [0.15, 0.2) is 4.52 Å². The first-order valence-corrected chi connectivity index (χ1v) is 5.92. The molecule has 16 heavy (non-hydrogen) atoms. The Morgan fingerprint density at radius 3 is 3.00 bits per heavy atom. The van der Waals surface area contributed by atoms with Crippen molar-refractivity contribution in [2.75, 3.05) is 26.8 Å². The number of methoxy groups -OCH3 is 1. The normalized spacial score (nSPS) is 17.8. The first kappa shape index (κ1) is 11.5. The Balaban J connectivity index is 1.85. The van der Waals surface area contributed by atoms with Gasteiger partial charge in [-0.15, -0.1) is 0 Å². The monoisotopic (exact) mass is 225 g/mol. The maximum absolute atomic E-state index is 5.23. The number of rotatable bonds is 5. The Hall–Kier alpha value is -0.940. The van der Waals surface area contributed by atoms with Crippen LogP contribution in [0.4, 0.5) is 0 Å². The molecule has 0 spiro atoms. The van der Waals surface area contributed by atoms with E-state index in [4.69, 9.17) is 9.26 Å². The number of piperidine rings is 1. The molecule has 0 atom stereocenters. The van der Waals surface area contributed by atoms with Crippen molar-refractivity contribution in [3.8, 4) is 0 Å². The zero-order valence-corrected chi connectivity index (χ0v) is 9.74. The molecule has 1 aliphatic rings. The topological polar surface area (TPSA) is 60.2 Å². The molecule has 1 fully saturated rings. The molecule has 0 unspecified atom stereocenters. The van der Waals surface area contributed by atoms with Crippen LogP contribution < -0.4 is 5.32 Å². The Kier molecular flexibility index (Phi) is 4.30. The van der Waals surface area contributed by atoms with Crippen LogP contribution >= 0.6 is 0 Å². The van der Waals surface area contributed by atoms with Gasteiger partial charge in [0.15, 0.2) is 5.82 Å². The molecular formula is C11H19N3O2. The smallest absolute Gasteiger partial charge is 0.226 e. The highest BCUT2D eigenvalue weighted by atomic mass is 16.5. The summed E-state index contributed by atoms with van der Waals surface area (Å²) >= 11 is 0. The Morgan fingerprint density at radius 2 is 2.25 bits per heavy atom. The lowest BCUT2D eigenvalue weighted by Gasteiger charge is -2.18. The molecular weight excluding hydrogens is 206 g/mol. The van der Waals surface area contributed by atoms with Crippen LogP contribution in [0.5, 0.6) is 0 Å². The van der Waals surface area contributed by atoms with Crippen molar-refractivity contribution in [2.24, 2.45) is 0 Å². The van der Waals surface area contributed by atoms with E-state index in [-0.39, 0.29) is 0 Å². The van der Waals surface area contributed by atoms with E-state index in [1.807, 2.05) is 0 Å². The molecule has 0 radical (unpaired) electrons. The van der Waals surface area contributed by atoms with E-state index < -0.39 is 0 Å². The van der Waals surface area contributed by atoms with Gasteiger partial charge in [-0.2, -0.15) is 4.98 Å². The molecule has 0 aromatic carbocycles. The highest BCUT2D eigenvalue weighted by Crippen LogP contribution is 2.22. The third kappa shape index (κ3) is 3.02. The average Bonchev–Trinajstić information content (AvgIpc) is 2.79. The van der Waals surface area contributed by atoms with Crippen molar-refractivity contribution in [3.05, 3.63) is 11.7 Å². The fourth-order valence-corrected chi connectivity index (χ4v) is 1.98. The minimum absolute atomic E-state index is 0.473. The Morgan fingerprint density at radius 1 is 1.44 bits per heavy atom. The number of ether oxygens (including phenoxy) is 1. The zero-order valence-electron chi connectivity index (χ0n) is 9.74. The van der Waals surface area contributed by atoms with E-state index >= 15 is 0 Å². The van der Waals surface area contributed by atoms with E-state index in [0.29, 0.717) is 5.92 Å². The van der Waals surface area contributed by atoms with Gasteiger partial charge in [-0.1, -0.05) is 5.16 Å². The highest BCUT2D eigenvalue weighted by Gasteiger charge is 2.20. The quantitative estimate of drug-likeness (QED) is 0.761. The van der Waals surface area contributed by atoms with Crippen molar-refractivity contribution in [1.29, 1.82) is 0 Å². The third-order valence-corrected chi connectivity index (χ3v) is 2.93. The molecule has 0 aliphatic carbocycles. The fourth-order valence-electron chi connectivity index (χ4n) is 1.98. The number of nitrogens with one attached hydrogen (secondary N) is 1. The molecule has 5 heteroatoms. The van der Waals surface area contributed by atoms with Crippen molar-refractivity contribution in [1.82, 2.24) is 15.5 Å². The van der Waals surface area contributed by atoms with E-state index in [1.54, 1.807) is 7.11 Å². The Bertz CT molecular complexity index is 308. The van der Waals surface area contributed by atoms with E-state index in [0.717, 1.165) is 57.1 Å². The average molecular weight is 225 g/mol. The molecule has 1 saturated heterocycles. The molecule has 5 nitrogen and oxygen atoms in total. The van der Waals surface area contributed by atoms with Crippen LogP contribution in [0.1, 0.15) is 36.9 Å². The van der Waals surface area contributed by atoms with Crippen molar-refractivity contribution >= 4 is 0 Å². The summed E-state index contributed by atoms with van der Waals surface area (Å²) in [6.45, 7) is 2.85. The SMILES string of the molecule is COCCCc1nc(C2CCNCC2)no1. The minimum atomic E-state index is 0.473. The maximum atomic E-state index is 5.23. The molecule has 0 saturated carbocycles. The molecule has 1 N–H and O–H groups in total. The summed E-state index contributed by atoms with van der Waals surface area (Å²) in [7, 11) is 1.70. The first-order valence-electron chi connectivity index (χ1n) is 5.92. The largest absolute Gasteiger partial charge is 0.385 e. The summed E-state index contributed by atoms with van der Waals surface area (Å²) in [5, 5.41) is 7.39. The summed E-state index contributed by atoms with van der Waals surface area (Å²) in [6.07, 6.45) is 3.96. The molecule has 90 valence electrons. The van der Waals surface area contributed by atoms with Crippen LogP contribution in [0.2, 0.25) is 0 Å². The lowest BCUT2D eigenvalue weighted by atomic mass is 9.98. The minimum Gasteiger partial charge on any atom is -0.385 e. The molecule has 1 aliphatic heterocycles. The highest BCUT2D eigenvalue weighted by molar-refractivity contribution is 4.97. The summed E-state index contributed by atoms with van der Waals surface area (Å²) in [5.74, 6) is 2.10. The number of nitrogens with zero attached hydrogens (tertiary/aromatic N) is 2. The van der Waals surface area contributed by atoms with Gasteiger partial charge >= 0.3 is 0 Å². The van der Waals surface area contributed by atoms with Gasteiger partial charge < -0.3 is 14.6 Å². The summed E-state index contributed by atoms with van der Waals surface area (Å²) in [6, 6.07) is 0. The fraction of sp³-hybridized carbons (Fsp3) is 0.818. The molecule has 1 aromatic rings. The second kappa shape index (κ2) is 5.96. The second-order valence-electron chi connectivity index (χ2n) is 4.17. The van der Waals surface area contributed by atoms with Gasteiger partial charge in [0.25, 0.3) is 0 Å². The van der Waals surface area contributed by atoms with Crippen LogP contribution in [0.25, 0.3) is 0 Å². The summed E-state index contributed by atoms with van der Waals surface area (Å²) in [5.41, 5.74) is 0.